The van der Waals surface area contributed by atoms with Crippen molar-refractivity contribution in [2.24, 2.45) is 0 Å². The molecule has 2 aromatic heterocycles. The van der Waals surface area contributed by atoms with Crippen molar-refractivity contribution in [1.29, 1.82) is 0 Å². The Bertz CT molecular complexity index is 1180. The van der Waals surface area contributed by atoms with Crippen LogP contribution >= 0.6 is 22.7 Å². The maximum absolute atomic E-state index is 12.7. The van der Waals surface area contributed by atoms with Crippen LogP contribution in [0.25, 0.3) is 20.8 Å². The zero-order chi connectivity index (χ0) is 20.6. The van der Waals surface area contributed by atoms with Gasteiger partial charge in [0.2, 0.25) is 5.91 Å². The van der Waals surface area contributed by atoms with Gasteiger partial charge in [-0.25, -0.2) is 9.97 Å². The minimum Gasteiger partial charge on any atom is -0.302 e. The Balaban J connectivity index is 1.43. The van der Waals surface area contributed by atoms with Gasteiger partial charge in [-0.2, -0.15) is 13.2 Å². The number of hydrogen-bond acceptors (Lipinski definition) is 5. The molecule has 0 saturated carbocycles. The van der Waals surface area contributed by atoms with E-state index < -0.39 is 11.7 Å². The predicted molar refractivity (Wildman–Crippen MR) is 109 cm³/mol. The van der Waals surface area contributed by atoms with Gasteiger partial charge < -0.3 is 5.32 Å². The second-order valence-electron chi connectivity index (χ2n) is 6.43. The molecule has 4 rings (SSSR count). The number of anilines is 1. The van der Waals surface area contributed by atoms with Crippen molar-refractivity contribution >= 4 is 43.9 Å². The highest BCUT2D eigenvalue weighted by Gasteiger charge is 2.30. The molecule has 29 heavy (non-hydrogen) atoms. The van der Waals surface area contributed by atoms with Gasteiger partial charge in [-0.3, -0.25) is 4.79 Å². The Morgan fingerprint density at radius 1 is 1.10 bits per heavy atom. The van der Waals surface area contributed by atoms with Gasteiger partial charge in [-0.15, -0.1) is 11.3 Å². The van der Waals surface area contributed by atoms with E-state index in [-0.39, 0.29) is 12.3 Å². The summed E-state index contributed by atoms with van der Waals surface area (Å²) in [5.74, 6) is -0.245. The molecule has 0 unspecified atom stereocenters. The van der Waals surface area contributed by atoms with Gasteiger partial charge >= 0.3 is 6.18 Å². The molecule has 0 fully saturated rings. The SMILES string of the molecule is Cc1ccc2nc(NC(=O)Cc3csc(-c4ccc(C(F)(F)F)cc4)n3)sc2c1. The van der Waals surface area contributed by atoms with Gasteiger partial charge in [-0.05, 0) is 36.8 Å². The molecule has 2 aromatic carbocycles. The molecular weight excluding hydrogens is 419 g/mol. The molecule has 1 N–H and O–H groups in total. The molecular formula is C20H14F3N3OS2. The Morgan fingerprint density at radius 2 is 1.86 bits per heavy atom. The Hall–Kier alpha value is -2.78. The van der Waals surface area contributed by atoms with E-state index in [4.69, 9.17) is 0 Å². The second-order valence-corrected chi connectivity index (χ2v) is 8.32. The number of halogens is 3. The Kier molecular flexibility index (Phi) is 5.10. The Labute approximate surface area is 172 Å². The van der Waals surface area contributed by atoms with E-state index in [1.165, 1.54) is 34.8 Å². The molecule has 2 heterocycles. The first-order valence-corrected chi connectivity index (χ1v) is 10.3. The summed E-state index contributed by atoms with van der Waals surface area (Å²) in [7, 11) is 0. The summed E-state index contributed by atoms with van der Waals surface area (Å²) in [4.78, 5) is 21.1. The highest BCUT2D eigenvalue weighted by molar-refractivity contribution is 7.22. The summed E-state index contributed by atoms with van der Waals surface area (Å²) in [6.45, 7) is 1.99. The number of benzene rings is 2. The molecule has 1 amide bonds. The van der Waals surface area contributed by atoms with Crippen LogP contribution in [0.15, 0.2) is 47.8 Å². The summed E-state index contributed by atoms with van der Waals surface area (Å²) in [6, 6.07) is 10.7. The topological polar surface area (TPSA) is 54.9 Å². The van der Waals surface area contributed by atoms with Crippen molar-refractivity contribution in [1.82, 2.24) is 9.97 Å². The van der Waals surface area contributed by atoms with E-state index in [0.29, 0.717) is 21.4 Å². The highest BCUT2D eigenvalue weighted by Crippen LogP contribution is 2.32. The van der Waals surface area contributed by atoms with E-state index >= 15 is 0 Å². The molecule has 0 spiro atoms. The third kappa shape index (κ3) is 4.46. The molecule has 0 aliphatic heterocycles. The molecule has 4 aromatic rings. The van der Waals surface area contributed by atoms with Crippen molar-refractivity contribution in [3.05, 3.63) is 64.7 Å². The largest absolute Gasteiger partial charge is 0.416 e. The fraction of sp³-hybridized carbons (Fsp3) is 0.150. The molecule has 9 heteroatoms. The quantitative estimate of drug-likeness (QED) is 0.434. The van der Waals surface area contributed by atoms with Crippen LogP contribution in [0.4, 0.5) is 18.3 Å². The summed E-state index contributed by atoms with van der Waals surface area (Å²) in [5.41, 5.74) is 2.38. The first-order chi connectivity index (χ1) is 13.8. The average Bonchev–Trinajstić information content (AvgIpc) is 3.27. The van der Waals surface area contributed by atoms with Crippen LogP contribution in [0.5, 0.6) is 0 Å². The Morgan fingerprint density at radius 3 is 2.59 bits per heavy atom. The lowest BCUT2D eigenvalue weighted by Crippen LogP contribution is -2.14. The number of aromatic nitrogens is 2. The molecule has 0 atom stereocenters. The average molecular weight is 433 g/mol. The number of fused-ring (bicyclic) bond motifs is 1. The molecule has 4 nitrogen and oxygen atoms in total. The van der Waals surface area contributed by atoms with E-state index in [0.717, 1.165) is 27.9 Å². The van der Waals surface area contributed by atoms with Crippen molar-refractivity contribution in [3.8, 4) is 10.6 Å². The predicted octanol–water partition coefficient (Wildman–Crippen LogP) is 5.93. The third-order valence-corrected chi connectivity index (χ3v) is 6.02. The van der Waals surface area contributed by atoms with E-state index in [1.807, 2.05) is 25.1 Å². The fourth-order valence-corrected chi connectivity index (χ4v) is 4.54. The number of carbonyl (C=O) groups is 1. The summed E-state index contributed by atoms with van der Waals surface area (Å²) in [5, 5.41) is 5.60. The number of rotatable bonds is 4. The lowest BCUT2D eigenvalue weighted by molar-refractivity contribution is -0.137. The standard InChI is InChI=1S/C20H14F3N3OS2/c1-11-2-7-15-16(8-11)29-19(25-15)26-17(27)9-14-10-28-18(24-14)12-3-5-13(6-4-12)20(21,22)23/h2-8,10H,9H2,1H3,(H,25,26,27). The number of thiazole rings is 2. The van der Waals surface area contributed by atoms with Gasteiger partial charge in [0.05, 0.1) is 27.9 Å². The van der Waals surface area contributed by atoms with E-state index in [9.17, 15) is 18.0 Å². The monoisotopic (exact) mass is 433 g/mol. The maximum atomic E-state index is 12.7. The molecule has 0 bridgehead atoms. The number of nitrogens with zero attached hydrogens (tertiary/aromatic N) is 2. The lowest BCUT2D eigenvalue weighted by Gasteiger charge is -2.06. The number of carbonyl (C=O) groups excluding carboxylic acids is 1. The lowest BCUT2D eigenvalue weighted by atomic mass is 10.1. The van der Waals surface area contributed by atoms with Crippen molar-refractivity contribution in [3.63, 3.8) is 0 Å². The maximum Gasteiger partial charge on any atom is 0.416 e. The molecule has 0 aliphatic carbocycles. The van der Waals surface area contributed by atoms with Crippen LogP contribution in [-0.4, -0.2) is 15.9 Å². The van der Waals surface area contributed by atoms with Gasteiger partial charge in [0, 0.05) is 10.9 Å². The number of aryl methyl sites for hydroxylation is 1. The number of hydrogen-bond donors (Lipinski definition) is 1. The minimum absolute atomic E-state index is 0.0616. The normalized spacial score (nSPS) is 11.7. The van der Waals surface area contributed by atoms with Crippen molar-refractivity contribution in [2.45, 2.75) is 19.5 Å². The molecule has 148 valence electrons. The van der Waals surface area contributed by atoms with Crippen molar-refractivity contribution in [2.75, 3.05) is 5.32 Å². The van der Waals surface area contributed by atoms with Gasteiger partial charge in [0.15, 0.2) is 5.13 Å². The van der Waals surface area contributed by atoms with E-state index in [2.05, 4.69) is 15.3 Å². The zero-order valence-corrected chi connectivity index (χ0v) is 16.7. The van der Waals surface area contributed by atoms with Crippen LogP contribution in [0.2, 0.25) is 0 Å². The zero-order valence-electron chi connectivity index (χ0n) is 15.1. The van der Waals surface area contributed by atoms with Crippen LogP contribution in [0.1, 0.15) is 16.8 Å². The minimum atomic E-state index is -4.37. The van der Waals surface area contributed by atoms with Gasteiger partial charge in [0.25, 0.3) is 0 Å². The number of alkyl halides is 3. The first kappa shape index (κ1) is 19.5. The van der Waals surface area contributed by atoms with Gasteiger partial charge in [0.1, 0.15) is 5.01 Å². The number of amides is 1. The first-order valence-electron chi connectivity index (χ1n) is 8.57. The van der Waals surface area contributed by atoms with Crippen molar-refractivity contribution < 1.29 is 18.0 Å². The third-order valence-electron chi connectivity index (χ3n) is 4.14. The molecule has 0 radical (unpaired) electrons. The van der Waals surface area contributed by atoms with Crippen LogP contribution < -0.4 is 5.32 Å². The smallest absolute Gasteiger partial charge is 0.302 e. The van der Waals surface area contributed by atoms with Crippen LogP contribution in [0, 0.1) is 6.92 Å². The summed E-state index contributed by atoms with van der Waals surface area (Å²) >= 11 is 2.69. The number of nitrogens with one attached hydrogen (secondary N) is 1. The van der Waals surface area contributed by atoms with Crippen LogP contribution in [-0.2, 0) is 17.4 Å². The van der Waals surface area contributed by atoms with Crippen LogP contribution in [0.3, 0.4) is 0 Å². The second kappa shape index (κ2) is 7.57. The van der Waals surface area contributed by atoms with Gasteiger partial charge in [-0.1, -0.05) is 29.5 Å². The molecule has 0 aliphatic rings. The molecule has 0 saturated heterocycles. The summed E-state index contributed by atoms with van der Waals surface area (Å²) < 4.78 is 39.0. The highest BCUT2D eigenvalue weighted by atomic mass is 32.1. The summed E-state index contributed by atoms with van der Waals surface area (Å²) in [6.07, 6.45) is -4.31. The fourth-order valence-electron chi connectivity index (χ4n) is 2.74. The van der Waals surface area contributed by atoms with E-state index in [1.54, 1.807) is 5.38 Å².